The zero-order valence-electron chi connectivity index (χ0n) is 14.9. The fourth-order valence-electron chi connectivity index (χ4n) is 2.10. The summed E-state index contributed by atoms with van der Waals surface area (Å²) in [5.41, 5.74) is 0. The summed E-state index contributed by atoms with van der Waals surface area (Å²) < 4.78 is 6.63. The maximum Gasteiger partial charge on any atom is 0.192 e. The molecular weight excluding hydrogens is 264 g/mol. The minimum Gasteiger partial charge on any atom is -0.413 e. The Morgan fingerprint density at radius 1 is 1.25 bits per heavy atom. The zero-order chi connectivity index (χ0) is 16.1. The van der Waals surface area contributed by atoms with Crippen LogP contribution in [0.1, 0.15) is 54.4 Å². The summed E-state index contributed by atoms with van der Waals surface area (Å²) >= 11 is 0. The van der Waals surface area contributed by atoms with Crippen molar-refractivity contribution in [3.63, 3.8) is 0 Å². The van der Waals surface area contributed by atoms with E-state index >= 15 is 0 Å². The molecule has 0 saturated heterocycles. The second kappa shape index (κ2) is 7.76. The van der Waals surface area contributed by atoms with Crippen LogP contribution in [-0.2, 0) is 4.43 Å². The molecule has 0 aliphatic rings. The summed E-state index contributed by atoms with van der Waals surface area (Å²) in [5, 5.41) is 10.5. The molecule has 0 aromatic carbocycles. The van der Waals surface area contributed by atoms with Crippen LogP contribution in [0.15, 0.2) is 12.7 Å². The fourth-order valence-corrected chi connectivity index (χ4v) is 3.58. The summed E-state index contributed by atoms with van der Waals surface area (Å²) in [5.74, 6) is 0.593. The lowest BCUT2D eigenvalue weighted by atomic mass is 9.87. The van der Waals surface area contributed by atoms with E-state index in [1.54, 1.807) is 6.08 Å². The van der Waals surface area contributed by atoms with Crippen molar-refractivity contribution in [3.8, 4) is 0 Å². The smallest absolute Gasteiger partial charge is 0.192 e. The molecule has 20 heavy (non-hydrogen) atoms. The van der Waals surface area contributed by atoms with Gasteiger partial charge >= 0.3 is 0 Å². The maximum atomic E-state index is 10.3. The molecule has 0 spiro atoms. The van der Waals surface area contributed by atoms with Crippen molar-refractivity contribution in [2.45, 2.75) is 84.7 Å². The van der Waals surface area contributed by atoms with E-state index in [-0.39, 0.29) is 23.2 Å². The zero-order valence-corrected chi connectivity index (χ0v) is 15.9. The van der Waals surface area contributed by atoms with E-state index < -0.39 is 8.32 Å². The molecule has 0 bridgehead atoms. The Morgan fingerprint density at radius 3 is 2.10 bits per heavy atom. The predicted molar refractivity (Wildman–Crippen MR) is 91.5 cm³/mol. The van der Waals surface area contributed by atoms with E-state index in [1.165, 1.54) is 0 Å². The van der Waals surface area contributed by atoms with Crippen molar-refractivity contribution in [3.05, 3.63) is 12.7 Å². The molecule has 0 aromatic rings. The van der Waals surface area contributed by atoms with Crippen molar-refractivity contribution < 1.29 is 9.53 Å². The predicted octanol–water partition coefficient (Wildman–Crippen LogP) is 5.00. The molecule has 0 unspecified atom stereocenters. The average Bonchev–Trinajstić information content (AvgIpc) is 2.33. The first-order chi connectivity index (χ1) is 8.97. The summed E-state index contributed by atoms with van der Waals surface area (Å²) in [7, 11) is -1.82. The van der Waals surface area contributed by atoms with Gasteiger partial charge in [0.05, 0.1) is 12.2 Å². The third-order valence-corrected chi connectivity index (χ3v) is 9.45. The molecule has 0 aliphatic carbocycles. The van der Waals surface area contributed by atoms with Crippen molar-refractivity contribution >= 4 is 8.32 Å². The van der Waals surface area contributed by atoms with E-state index in [1.807, 2.05) is 0 Å². The molecule has 0 rings (SSSR count). The van der Waals surface area contributed by atoms with Crippen molar-refractivity contribution in [1.29, 1.82) is 0 Å². The molecule has 1 N–H and O–H groups in total. The van der Waals surface area contributed by atoms with Gasteiger partial charge in [-0.1, -0.05) is 54.0 Å². The lowest BCUT2D eigenvalue weighted by Gasteiger charge is -2.43. The fraction of sp³-hybridized carbons (Fsp3) is 0.882. The second-order valence-electron chi connectivity index (χ2n) is 7.68. The second-order valence-corrected chi connectivity index (χ2v) is 12.4. The maximum absolute atomic E-state index is 10.3. The van der Waals surface area contributed by atoms with E-state index in [0.29, 0.717) is 12.3 Å². The Morgan fingerprint density at radius 2 is 1.75 bits per heavy atom. The Balaban J connectivity index is 5.13. The molecule has 0 amide bonds. The van der Waals surface area contributed by atoms with Crippen LogP contribution in [0.2, 0.25) is 18.1 Å². The van der Waals surface area contributed by atoms with Crippen LogP contribution in [0.4, 0.5) is 0 Å². The van der Waals surface area contributed by atoms with Crippen LogP contribution < -0.4 is 0 Å². The van der Waals surface area contributed by atoms with Crippen LogP contribution in [0.3, 0.4) is 0 Å². The van der Waals surface area contributed by atoms with Crippen LogP contribution in [0.25, 0.3) is 0 Å². The highest BCUT2D eigenvalue weighted by atomic mass is 28.4. The van der Waals surface area contributed by atoms with Crippen LogP contribution in [0.5, 0.6) is 0 Å². The third-order valence-electron chi connectivity index (χ3n) is 4.97. The molecule has 0 radical (unpaired) electrons. The largest absolute Gasteiger partial charge is 0.413 e. The molecule has 2 nitrogen and oxygen atoms in total. The molecule has 0 aliphatic heterocycles. The molecule has 4 atom stereocenters. The minimum absolute atomic E-state index is 0.121. The van der Waals surface area contributed by atoms with Gasteiger partial charge in [-0.15, -0.1) is 6.58 Å². The Kier molecular flexibility index (Phi) is 7.72. The van der Waals surface area contributed by atoms with E-state index in [0.717, 1.165) is 6.42 Å². The summed E-state index contributed by atoms with van der Waals surface area (Å²) in [6.07, 6.45) is 3.26. The molecular formula is C17H36O2Si. The molecule has 3 heteroatoms. The molecule has 0 saturated carbocycles. The number of hydrogen-bond acceptors (Lipinski definition) is 2. The highest BCUT2D eigenvalue weighted by molar-refractivity contribution is 6.74. The van der Waals surface area contributed by atoms with Crippen molar-refractivity contribution in [2.24, 2.45) is 11.8 Å². The monoisotopic (exact) mass is 300 g/mol. The van der Waals surface area contributed by atoms with Gasteiger partial charge < -0.3 is 9.53 Å². The molecule has 0 aromatic heterocycles. The summed E-state index contributed by atoms with van der Waals surface area (Å²) in [4.78, 5) is 0. The third kappa shape index (κ3) is 5.34. The van der Waals surface area contributed by atoms with Gasteiger partial charge in [0.15, 0.2) is 8.32 Å². The van der Waals surface area contributed by atoms with Crippen molar-refractivity contribution in [2.75, 3.05) is 0 Å². The van der Waals surface area contributed by atoms with Gasteiger partial charge in [-0.3, -0.25) is 0 Å². The number of aliphatic hydroxyl groups excluding tert-OH is 1. The van der Waals surface area contributed by atoms with E-state index in [2.05, 4.69) is 61.2 Å². The summed E-state index contributed by atoms with van der Waals surface area (Å²) in [6, 6.07) is 0. The molecule has 120 valence electrons. The first-order valence-electron chi connectivity index (χ1n) is 7.94. The quantitative estimate of drug-likeness (QED) is 0.505. The Hall–Kier alpha value is -0.123. The lowest BCUT2D eigenvalue weighted by Crippen LogP contribution is -2.49. The average molecular weight is 301 g/mol. The SMILES string of the molecule is C=CC[C@@H](O)[C@H](C)[C@@H](O[Si](C)(C)C(C)(C)C)[C@@H](C)CC. The van der Waals surface area contributed by atoms with Crippen molar-refractivity contribution in [1.82, 2.24) is 0 Å². The van der Waals surface area contributed by atoms with Crippen LogP contribution in [-0.4, -0.2) is 25.6 Å². The first kappa shape index (κ1) is 19.9. The lowest BCUT2D eigenvalue weighted by molar-refractivity contribution is 0.00202. The van der Waals surface area contributed by atoms with Crippen LogP contribution in [0, 0.1) is 11.8 Å². The number of hydrogen-bond donors (Lipinski definition) is 1. The van der Waals surface area contributed by atoms with Gasteiger partial charge in [-0.05, 0) is 30.5 Å². The minimum atomic E-state index is -1.82. The normalized spacial score (nSPS) is 19.2. The highest BCUT2D eigenvalue weighted by Crippen LogP contribution is 2.40. The summed E-state index contributed by atoms with van der Waals surface area (Å²) in [6.45, 7) is 21.6. The van der Waals surface area contributed by atoms with Gasteiger partial charge in [0.2, 0.25) is 0 Å². The highest BCUT2D eigenvalue weighted by Gasteiger charge is 2.42. The Labute approximate surface area is 127 Å². The topological polar surface area (TPSA) is 29.5 Å². The van der Waals surface area contributed by atoms with E-state index in [9.17, 15) is 5.11 Å². The number of rotatable bonds is 8. The molecule has 0 heterocycles. The van der Waals surface area contributed by atoms with Gasteiger partial charge in [0.25, 0.3) is 0 Å². The standard InChI is InChI=1S/C17H36O2Si/c1-10-12-15(18)14(4)16(13(3)11-2)19-20(8,9)17(5,6)7/h10,13-16,18H,1,11-12H2,2-9H3/t13-,14-,15+,16-/m0/s1. The van der Waals surface area contributed by atoms with Crippen LogP contribution >= 0.6 is 0 Å². The Bertz CT molecular complexity index is 294. The van der Waals surface area contributed by atoms with Gasteiger partial charge in [-0.25, -0.2) is 0 Å². The first-order valence-corrected chi connectivity index (χ1v) is 10.9. The van der Waals surface area contributed by atoms with Gasteiger partial charge in [-0.2, -0.15) is 0 Å². The van der Waals surface area contributed by atoms with E-state index in [4.69, 9.17) is 4.43 Å². The molecule has 0 fully saturated rings. The number of aliphatic hydroxyl groups is 1. The van der Waals surface area contributed by atoms with Gasteiger partial charge in [0.1, 0.15) is 0 Å². The van der Waals surface area contributed by atoms with Gasteiger partial charge in [0, 0.05) is 5.92 Å².